The fourth-order valence-electron chi connectivity index (χ4n) is 1.69. The standard InChI is InChI=1S/C14H28N2O4/c1-4-6-8-14(3,10-19-12(15)17)11-20-13(18)16-9-7-5-2/h4-11H2,1-3H3,(H2,15,17)(H,16,18). The number of rotatable bonds is 10. The van der Waals surface area contributed by atoms with Gasteiger partial charge < -0.3 is 20.5 Å². The summed E-state index contributed by atoms with van der Waals surface area (Å²) in [5.74, 6) is 0. The van der Waals surface area contributed by atoms with Gasteiger partial charge in [0, 0.05) is 12.0 Å². The average Bonchev–Trinajstić information content (AvgIpc) is 2.41. The lowest BCUT2D eigenvalue weighted by atomic mass is 9.87. The molecule has 0 fully saturated rings. The van der Waals surface area contributed by atoms with Gasteiger partial charge in [-0.25, -0.2) is 9.59 Å². The highest BCUT2D eigenvalue weighted by Gasteiger charge is 2.27. The van der Waals surface area contributed by atoms with E-state index in [0.717, 1.165) is 32.1 Å². The fraction of sp³-hybridized carbons (Fsp3) is 0.857. The van der Waals surface area contributed by atoms with Gasteiger partial charge in [-0.15, -0.1) is 0 Å². The van der Waals surface area contributed by atoms with Gasteiger partial charge >= 0.3 is 12.2 Å². The molecule has 0 rings (SSSR count). The monoisotopic (exact) mass is 288 g/mol. The molecule has 1 atom stereocenters. The molecule has 3 N–H and O–H groups in total. The summed E-state index contributed by atoms with van der Waals surface area (Å²) < 4.78 is 10.1. The van der Waals surface area contributed by atoms with E-state index in [9.17, 15) is 9.59 Å². The van der Waals surface area contributed by atoms with E-state index >= 15 is 0 Å². The van der Waals surface area contributed by atoms with Crippen molar-refractivity contribution >= 4 is 12.2 Å². The molecule has 0 aromatic heterocycles. The summed E-state index contributed by atoms with van der Waals surface area (Å²) in [7, 11) is 0. The highest BCUT2D eigenvalue weighted by Crippen LogP contribution is 2.25. The van der Waals surface area contributed by atoms with Crippen LogP contribution in [0.5, 0.6) is 0 Å². The highest BCUT2D eigenvalue weighted by atomic mass is 16.6. The Labute approximate surface area is 121 Å². The van der Waals surface area contributed by atoms with Gasteiger partial charge in [-0.05, 0) is 12.8 Å². The molecule has 6 nitrogen and oxygen atoms in total. The number of primary amides is 1. The smallest absolute Gasteiger partial charge is 0.407 e. The molecular formula is C14H28N2O4. The summed E-state index contributed by atoms with van der Waals surface area (Å²) in [5, 5.41) is 2.68. The second-order valence-electron chi connectivity index (χ2n) is 5.38. The van der Waals surface area contributed by atoms with Gasteiger partial charge in [-0.3, -0.25) is 0 Å². The van der Waals surface area contributed by atoms with Crippen LogP contribution in [0.25, 0.3) is 0 Å². The van der Waals surface area contributed by atoms with Gasteiger partial charge in [0.05, 0.1) is 0 Å². The number of nitrogens with two attached hydrogens (primary N) is 1. The normalized spacial score (nSPS) is 13.3. The predicted octanol–water partition coefficient (Wildman–Crippen LogP) is 2.80. The van der Waals surface area contributed by atoms with Crippen LogP contribution in [-0.4, -0.2) is 31.9 Å². The molecule has 0 heterocycles. The first-order chi connectivity index (χ1) is 9.43. The first kappa shape index (κ1) is 18.5. The van der Waals surface area contributed by atoms with Gasteiger partial charge in [-0.2, -0.15) is 0 Å². The molecule has 0 saturated heterocycles. The van der Waals surface area contributed by atoms with Gasteiger partial charge in [0.2, 0.25) is 0 Å². The Kier molecular flexibility index (Phi) is 9.59. The van der Waals surface area contributed by atoms with Crippen LogP contribution in [0.3, 0.4) is 0 Å². The van der Waals surface area contributed by atoms with E-state index in [0.29, 0.717) is 6.54 Å². The van der Waals surface area contributed by atoms with E-state index < -0.39 is 17.6 Å². The van der Waals surface area contributed by atoms with E-state index in [-0.39, 0.29) is 13.2 Å². The Morgan fingerprint density at radius 3 is 2.25 bits per heavy atom. The molecule has 0 aromatic carbocycles. The second kappa shape index (κ2) is 10.3. The minimum Gasteiger partial charge on any atom is -0.449 e. The van der Waals surface area contributed by atoms with Crippen LogP contribution in [0.15, 0.2) is 0 Å². The summed E-state index contributed by atoms with van der Waals surface area (Å²) in [4.78, 5) is 22.2. The number of nitrogens with one attached hydrogen (secondary N) is 1. The zero-order valence-electron chi connectivity index (χ0n) is 12.9. The topological polar surface area (TPSA) is 90.7 Å². The van der Waals surface area contributed by atoms with Gasteiger partial charge in [0.15, 0.2) is 0 Å². The lowest BCUT2D eigenvalue weighted by molar-refractivity contribution is 0.0330. The molecule has 0 saturated carbocycles. The minimum atomic E-state index is -0.805. The molecule has 0 radical (unpaired) electrons. The lowest BCUT2D eigenvalue weighted by Crippen LogP contribution is -2.35. The molecule has 0 spiro atoms. The summed E-state index contributed by atoms with van der Waals surface area (Å²) in [6, 6.07) is 0. The van der Waals surface area contributed by atoms with Crippen molar-refractivity contribution in [2.75, 3.05) is 19.8 Å². The van der Waals surface area contributed by atoms with Crippen molar-refractivity contribution in [1.82, 2.24) is 5.32 Å². The van der Waals surface area contributed by atoms with Gasteiger partial charge in [0.25, 0.3) is 0 Å². The zero-order chi connectivity index (χ0) is 15.4. The van der Waals surface area contributed by atoms with Crippen molar-refractivity contribution in [2.45, 2.75) is 52.9 Å². The van der Waals surface area contributed by atoms with Crippen LogP contribution < -0.4 is 11.1 Å². The average molecular weight is 288 g/mol. The fourth-order valence-corrected chi connectivity index (χ4v) is 1.69. The molecular weight excluding hydrogens is 260 g/mol. The lowest BCUT2D eigenvalue weighted by Gasteiger charge is -2.28. The highest BCUT2D eigenvalue weighted by molar-refractivity contribution is 5.67. The third kappa shape index (κ3) is 9.47. The zero-order valence-corrected chi connectivity index (χ0v) is 12.9. The molecule has 2 amide bonds. The number of unbranched alkanes of at least 4 members (excludes halogenated alkanes) is 2. The molecule has 20 heavy (non-hydrogen) atoms. The van der Waals surface area contributed by atoms with Crippen LogP contribution in [0, 0.1) is 5.41 Å². The Morgan fingerprint density at radius 2 is 1.70 bits per heavy atom. The number of hydrogen-bond acceptors (Lipinski definition) is 4. The van der Waals surface area contributed by atoms with E-state index in [1.165, 1.54) is 0 Å². The number of alkyl carbamates (subject to hydrolysis) is 1. The Morgan fingerprint density at radius 1 is 1.10 bits per heavy atom. The van der Waals surface area contributed by atoms with E-state index in [2.05, 4.69) is 19.2 Å². The molecule has 0 aliphatic heterocycles. The second-order valence-corrected chi connectivity index (χ2v) is 5.38. The minimum absolute atomic E-state index is 0.157. The maximum absolute atomic E-state index is 11.5. The quantitative estimate of drug-likeness (QED) is 0.605. The molecule has 1 unspecified atom stereocenters. The van der Waals surface area contributed by atoms with E-state index in [4.69, 9.17) is 15.2 Å². The number of carbonyl (C=O) groups is 2. The third-order valence-corrected chi connectivity index (χ3v) is 3.05. The summed E-state index contributed by atoms with van der Waals surface area (Å²) in [6.45, 7) is 7.02. The first-order valence-electron chi connectivity index (χ1n) is 7.26. The van der Waals surface area contributed by atoms with Crippen molar-refractivity contribution in [3.63, 3.8) is 0 Å². The maximum atomic E-state index is 11.5. The van der Waals surface area contributed by atoms with Crippen LogP contribution in [0.1, 0.15) is 52.9 Å². The number of amides is 2. The van der Waals surface area contributed by atoms with Crippen molar-refractivity contribution in [3.05, 3.63) is 0 Å². The van der Waals surface area contributed by atoms with Crippen molar-refractivity contribution < 1.29 is 19.1 Å². The summed E-state index contributed by atoms with van der Waals surface area (Å²) in [5.41, 5.74) is 4.59. The SMILES string of the molecule is CCCCNC(=O)OCC(C)(CCCC)COC(N)=O. The Balaban J connectivity index is 4.19. The van der Waals surface area contributed by atoms with E-state index in [1.807, 2.05) is 6.92 Å². The van der Waals surface area contributed by atoms with E-state index in [1.54, 1.807) is 0 Å². The molecule has 6 heteroatoms. The molecule has 0 aliphatic carbocycles. The van der Waals surface area contributed by atoms with Crippen LogP contribution >= 0.6 is 0 Å². The predicted molar refractivity (Wildman–Crippen MR) is 77.4 cm³/mol. The Hall–Kier alpha value is -1.46. The third-order valence-electron chi connectivity index (χ3n) is 3.05. The number of ether oxygens (including phenoxy) is 2. The molecule has 0 aliphatic rings. The van der Waals surface area contributed by atoms with Crippen LogP contribution in [0.2, 0.25) is 0 Å². The van der Waals surface area contributed by atoms with Crippen LogP contribution in [0.4, 0.5) is 9.59 Å². The van der Waals surface area contributed by atoms with Crippen molar-refractivity contribution in [1.29, 1.82) is 0 Å². The van der Waals surface area contributed by atoms with Gasteiger partial charge in [-0.1, -0.05) is 40.0 Å². The van der Waals surface area contributed by atoms with Crippen molar-refractivity contribution in [3.8, 4) is 0 Å². The molecule has 0 aromatic rings. The maximum Gasteiger partial charge on any atom is 0.407 e. The molecule has 118 valence electrons. The number of hydrogen-bond donors (Lipinski definition) is 2. The Bertz CT molecular complexity index is 297. The van der Waals surface area contributed by atoms with Crippen molar-refractivity contribution in [2.24, 2.45) is 11.1 Å². The largest absolute Gasteiger partial charge is 0.449 e. The number of carbonyl (C=O) groups excluding carboxylic acids is 2. The van der Waals surface area contributed by atoms with Crippen LogP contribution in [-0.2, 0) is 9.47 Å². The first-order valence-corrected chi connectivity index (χ1v) is 7.26. The summed E-state index contributed by atoms with van der Waals surface area (Å²) in [6.07, 6.45) is 3.50. The molecule has 0 bridgehead atoms. The van der Waals surface area contributed by atoms with Gasteiger partial charge in [0.1, 0.15) is 13.2 Å². The summed E-state index contributed by atoms with van der Waals surface area (Å²) >= 11 is 0.